The molecule has 0 aliphatic carbocycles. The first-order chi connectivity index (χ1) is 6.25. The first-order valence-electron chi connectivity index (χ1n) is 4.54. The van der Waals surface area contributed by atoms with E-state index in [0.29, 0.717) is 13.1 Å². The van der Waals surface area contributed by atoms with Crippen LogP contribution >= 0.6 is 0 Å². The maximum Gasteiger partial charge on any atom is 0.324 e. The molecule has 13 heavy (non-hydrogen) atoms. The van der Waals surface area contributed by atoms with Crippen LogP contribution in [0.15, 0.2) is 0 Å². The van der Waals surface area contributed by atoms with Crippen LogP contribution in [-0.4, -0.2) is 43.0 Å². The summed E-state index contributed by atoms with van der Waals surface area (Å²) in [6.07, 6.45) is 1.06. The van der Waals surface area contributed by atoms with Crippen LogP contribution in [0.3, 0.4) is 0 Å². The molecule has 0 aromatic carbocycles. The summed E-state index contributed by atoms with van der Waals surface area (Å²) in [7, 11) is 0. The number of nitrogens with one attached hydrogen (secondary N) is 2. The number of carbonyl (C=O) groups excluding carboxylic acids is 2. The fraction of sp³-hybridized carbons (Fsp3) is 0.750. The van der Waals surface area contributed by atoms with Crippen molar-refractivity contribution in [2.45, 2.75) is 13.3 Å². The average Bonchev–Trinajstić information content (AvgIpc) is 2.42. The van der Waals surface area contributed by atoms with E-state index in [1.54, 1.807) is 0 Å². The van der Waals surface area contributed by atoms with E-state index < -0.39 is 0 Å². The summed E-state index contributed by atoms with van der Waals surface area (Å²) >= 11 is 0. The van der Waals surface area contributed by atoms with Crippen molar-refractivity contribution < 1.29 is 9.59 Å². The molecule has 2 N–H and O–H groups in total. The van der Waals surface area contributed by atoms with Gasteiger partial charge in [0, 0.05) is 13.1 Å². The van der Waals surface area contributed by atoms with Crippen LogP contribution in [0.1, 0.15) is 13.3 Å². The second-order valence-electron chi connectivity index (χ2n) is 2.95. The quantitative estimate of drug-likeness (QED) is 0.450. The largest absolute Gasteiger partial charge is 0.329 e. The van der Waals surface area contributed by atoms with Gasteiger partial charge in [-0.1, -0.05) is 6.92 Å². The highest BCUT2D eigenvalue weighted by atomic mass is 16.2. The monoisotopic (exact) mass is 185 g/mol. The summed E-state index contributed by atoms with van der Waals surface area (Å²) in [5.41, 5.74) is 0. The van der Waals surface area contributed by atoms with Crippen molar-refractivity contribution in [3.05, 3.63) is 0 Å². The minimum absolute atomic E-state index is 0.136. The van der Waals surface area contributed by atoms with Crippen molar-refractivity contribution in [1.29, 1.82) is 0 Å². The lowest BCUT2D eigenvalue weighted by Gasteiger charge is -2.11. The zero-order valence-electron chi connectivity index (χ0n) is 7.80. The first-order valence-corrected chi connectivity index (χ1v) is 4.54. The van der Waals surface area contributed by atoms with E-state index in [1.165, 1.54) is 4.90 Å². The summed E-state index contributed by atoms with van der Waals surface area (Å²) in [5.74, 6) is -0.136. The molecule has 74 valence electrons. The molecule has 1 aliphatic heterocycles. The van der Waals surface area contributed by atoms with E-state index in [-0.39, 0.29) is 18.5 Å². The Balaban J connectivity index is 2.20. The van der Waals surface area contributed by atoms with E-state index in [1.807, 2.05) is 0 Å². The zero-order chi connectivity index (χ0) is 9.68. The number of urea groups is 1. The zero-order valence-corrected chi connectivity index (χ0v) is 7.80. The fourth-order valence-electron chi connectivity index (χ4n) is 1.17. The maximum absolute atomic E-state index is 11.1. The van der Waals surface area contributed by atoms with E-state index in [4.69, 9.17) is 0 Å². The van der Waals surface area contributed by atoms with Gasteiger partial charge >= 0.3 is 6.03 Å². The van der Waals surface area contributed by atoms with Gasteiger partial charge in [0.2, 0.25) is 5.91 Å². The SMILES string of the molecule is CCCNCCN1C(=O)CNC1=O. The number of hydrogen-bond acceptors (Lipinski definition) is 3. The lowest BCUT2D eigenvalue weighted by Crippen LogP contribution is -2.37. The fourth-order valence-corrected chi connectivity index (χ4v) is 1.17. The molecule has 0 saturated carbocycles. The third-order valence-corrected chi connectivity index (χ3v) is 1.88. The van der Waals surface area contributed by atoms with E-state index in [2.05, 4.69) is 17.6 Å². The van der Waals surface area contributed by atoms with Crippen molar-refractivity contribution in [3.63, 3.8) is 0 Å². The summed E-state index contributed by atoms with van der Waals surface area (Å²) in [6.45, 7) is 4.27. The molecule has 1 heterocycles. The Morgan fingerprint density at radius 1 is 1.46 bits per heavy atom. The Bertz CT molecular complexity index is 190. The van der Waals surface area contributed by atoms with Crippen LogP contribution in [0.5, 0.6) is 0 Å². The van der Waals surface area contributed by atoms with Crippen LogP contribution in [0.2, 0.25) is 0 Å². The van der Waals surface area contributed by atoms with E-state index in [0.717, 1.165) is 13.0 Å². The molecule has 1 fully saturated rings. The molecule has 0 aromatic heterocycles. The van der Waals surface area contributed by atoms with Gasteiger partial charge in [-0.25, -0.2) is 4.79 Å². The Morgan fingerprint density at radius 2 is 2.23 bits per heavy atom. The minimum atomic E-state index is -0.275. The van der Waals surface area contributed by atoms with Gasteiger partial charge in [-0.3, -0.25) is 9.69 Å². The molecule has 0 radical (unpaired) electrons. The predicted octanol–water partition coefficient (Wildman–Crippen LogP) is -0.462. The Labute approximate surface area is 77.5 Å². The number of hydrogen-bond donors (Lipinski definition) is 2. The van der Waals surface area contributed by atoms with Crippen LogP contribution < -0.4 is 10.6 Å². The third-order valence-electron chi connectivity index (χ3n) is 1.88. The van der Waals surface area contributed by atoms with Gasteiger partial charge in [0.25, 0.3) is 0 Å². The Hall–Kier alpha value is -1.10. The first kappa shape index (κ1) is 9.98. The number of nitrogens with zero attached hydrogens (tertiary/aromatic N) is 1. The summed E-state index contributed by atoms with van der Waals surface area (Å²) in [6, 6.07) is -0.275. The topological polar surface area (TPSA) is 61.4 Å². The van der Waals surface area contributed by atoms with Crippen molar-refractivity contribution in [2.75, 3.05) is 26.2 Å². The molecule has 1 aliphatic rings. The highest BCUT2D eigenvalue weighted by Gasteiger charge is 2.27. The molecule has 0 unspecified atom stereocenters. The predicted molar refractivity (Wildman–Crippen MR) is 48.3 cm³/mol. The molecule has 0 bridgehead atoms. The summed E-state index contributed by atoms with van der Waals surface area (Å²) < 4.78 is 0. The van der Waals surface area contributed by atoms with Gasteiger partial charge < -0.3 is 10.6 Å². The average molecular weight is 185 g/mol. The van der Waals surface area contributed by atoms with Crippen LogP contribution in [0.25, 0.3) is 0 Å². The van der Waals surface area contributed by atoms with Gasteiger partial charge in [0.15, 0.2) is 0 Å². The van der Waals surface area contributed by atoms with Crippen LogP contribution in [-0.2, 0) is 4.79 Å². The molecule has 0 aromatic rings. The highest BCUT2D eigenvalue weighted by Crippen LogP contribution is 1.96. The second-order valence-corrected chi connectivity index (χ2v) is 2.95. The van der Waals surface area contributed by atoms with Gasteiger partial charge in [-0.2, -0.15) is 0 Å². The minimum Gasteiger partial charge on any atom is -0.329 e. The standard InChI is InChI=1S/C8H15N3O2/c1-2-3-9-4-5-11-7(12)6-10-8(11)13/h9H,2-6H2,1H3,(H,10,13). The summed E-state index contributed by atoms with van der Waals surface area (Å²) in [4.78, 5) is 23.3. The Morgan fingerprint density at radius 3 is 2.77 bits per heavy atom. The lowest BCUT2D eigenvalue weighted by atomic mass is 10.4. The van der Waals surface area contributed by atoms with Crippen LogP contribution in [0.4, 0.5) is 4.79 Å². The molecule has 3 amide bonds. The van der Waals surface area contributed by atoms with Gasteiger partial charge in [-0.15, -0.1) is 0 Å². The molecule has 0 atom stereocenters. The normalized spacial score (nSPS) is 16.5. The third kappa shape index (κ3) is 2.69. The lowest BCUT2D eigenvalue weighted by molar-refractivity contribution is -0.124. The van der Waals surface area contributed by atoms with Gasteiger partial charge in [0.1, 0.15) is 0 Å². The molecule has 1 rings (SSSR count). The number of rotatable bonds is 5. The van der Waals surface area contributed by atoms with Crippen molar-refractivity contribution in [2.24, 2.45) is 0 Å². The molecule has 1 saturated heterocycles. The molecular formula is C8H15N3O2. The number of imide groups is 1. The number of amides is 3. The number of carbonyl (C=O) groups is 2. The van der Waals surface area contributed by atoms with Crippen molar-refractivity contribution in [3.8, 4) is 0 Å². The molecule has 0 spiro atoms. The molecular weight excluding hydrogens is 170 g/mol. The van der Waals surface area contributed by atoms with Gasteiger partial charge in [-0.05, 0) is 13.0 Å². The smallest absolute Gasteiger partial charge is 0.324 e. The molecule has 5 heteroatoms. The van der Waals surface area contributed by atoms with Crippen molar-refractivity contribution in [1.82, 2.24) is 15.5 Å². The Kier molecular flexibility index (Phi) is 3.70. The van der Waals surface area contributed by atoms with Gasteiger partial charge in [0.05, 0.1) is 6.54 Å². The highest BCUT2D eigenvalue weighted by molar-refractivity contribution is 6.01. The van der Waals surface area contributed by atoms with E-state index in [9.17, 15) is 9.59 Å². The molecule has 5 nitrogen and oxygen atoms in total. The second kappa shape index (κ2) is 4.81. The van der Waals surface area contributed by atoms with E-state index >= 15 is 0 Å². The summed E-state index contributed by atoms with van der Waals surface area (Å²) in [5, 5.41) is 5.60. The van der Waals surface area contributed by atoms with Crippen LogP contribution in [0, 0.1) is 0 Å². The maximum atomic E-state index is 11.1. The van der Waals surface area contributed by atoms with Crippen molar-refractivity contribution >= 4 is 11.9 Å².